The molecule has 1 aliphatic carbocycles. The van der Waals surface area contributed by atoms with E-state index in [9.17, 15) is 14.4 Å². The number of carbonyl (C=O) groups excluding carboxylic acids is 3. The van der Waals surface area contributed by atoms with Gasteiger partial charge in [0.1, 0.15) is 6.04 Å². The van der Waals surface area contributed by atoms with Crippen molar-refractivity contribution in [1.82, 2.24) is 15.5 Å². The fourth-order valence-electron chi connectivity index (χ4n) is 4.98. The van der Waals surface area contributed by atoms with E-state index in [2.05, 4.69) is 17.6 Å². The Morgan fingerprint density at radius 3 is 2.50 bits per heavy atom. The third-order valence-corrected chi connectivity index (χ3v) is 6.51. The summed E-state index contributed by atoms with van der Waals surface area (Å²) in [6.45, 7) is 6.69. The van der Waals surface area contributed by atoms with Gasteiger partial charge in [-0.05, 0) is 32.1 Å². The lowest BCUT2D eigenvalue weighted by atomic mass is 9.70. The third kappa shape index (κ3) is 5.42. The van der Waals surface area contributed by atoms with Crippen LogP contribution in [0.1, 0.15) is 59.3 Å². The van der Waals surface area contributed by atoms with Crippen LogP contribution in [0.5, 0.6) is 0 Å². The maximum Gasteiger partial charge on any atom is 0.243 e. The second-order valence-corrected chi connectivity index (χ2v) is 8.80. The van der Waals surface area contributed by atoms with Gasteiger partial charge >= 0.3 is 0 Å². The van der Waals surface area contributed by atoms with E-state index >= 15 is 0 Å². The molecule has 0 aromatic carbocycles. The SMILES string of the molecule is CCCC(C)NC(=O)[C@@H]1[C@H]2C=C[C@@H](C)[C@@H](C(=O)NC)[C@@H]2C(=O)N1CCCCCCO. The maximum absolute atomic E-state index is 13.5. The van der Waals surface area contributed by atoms with E-state index in [0.29, 0.717) is 6.54 Å². The summed E-state index contributed by atoms with van der Waals surface area (Å²) in [6, 6.07) is -0.528. The Bertz CT molecular complexity index is 636. The van der Waals surface area contributed by atoms with Crippen LogP contribution >= 0.6 is 0 Å². The standard InChI is InChI=1S/C23H39N3O4/c1-5-10-16(3)25-22(29)20-17-12-11-15(2)18(21(28)24-4)19(17)23(30)26(20)13-8-6-7-9-14-27/h11-12,15-20,27H,5-10,13-14H2,1-4H3,(H,24,28)(H,25,29)/t15-,16?,17+,18-,19-,20+/m1/s1. The number of carbonyl (C=O) groups is 3. The smallest absolute Gasteiger partial charge is 0.243 e. The van der Waals surface area contributed by atoms with Crippen molar-refractivity contribution in [3.8, 4) is 0 Å². The number of unbranched alkanes of at least 4 members (excludes halogenated alkanes) is 3. The predicted molar refractivity (Wildman–Crippen MR) is 116 cm³/mol. The highest BCUT2D eigenvalue weighted by molar-refractivity contribution is 5.96. The summed E-state index contributed by atoms with van der Waals surface area (Å²) in [4.78, 5) is 41.0. The van der Waals surface area contributed by atoms with Gasteiger partial charge in [0, 0.05) is 32.2 Å². The van der Waals surface area contributed by atoms with Gasteiger partial charge in [0.25, 0.3) is 0 Å². The zero-order valence-electron chi connectivity index (χ0n) is 18.9. The minimum atomic E-state index is -0.574. The molecule has 1 aliphatic heterocycles. The Kier molecular flexibility index (Phi) is 9.34. The van der Waals surface area contributed by atoms with E-state index in [0.717, 1.165) is 38.5 Å². The van der Waals surface area contributed by atoms with Crippen LogP contribution < -0.4 is 10.6 Å². The van der Waals surface area contributed by atoms with Crippen LogP contribution in [0.4, 0.5) is 0 Å². The topological polar surface area (TPSA) is 98.7 Å². The van der Waals surface area contributed by atoms with E-state index in [1.54, 1.807) is 11.9 Å². The molecule has 0 spiro atoms. The molecule has 7 nitrogen and oxygen atoms in total. The van der Waals surface area contributed by atoms with E-state index in [-0.39, 0.29) is 42.2 Å². The second-order valence-electron chi connectivity index (χ2n) is 8.80. The number of rotatable bonds is 11. The van der Waals surface area contributed by atoms with Crippen LogP contribution in [0.15, 0.2) is 12.2 Å². The lowest BCUT2D eigenvalue weighted by molar-refractivity contribution is -0.140. The molecular formula is C23H39N3O4. The molecule has 1 fully saturated rings. The summed E-state index contributed by atoms with van der Waals surface area (Å²) < 4.78 is 0. The molecule has 6 atom stereocenters. The molecule has 0 aromatic heterocycles. The Labute approximate surface area is 180 Å². The number of nitrogens with one attached hydrogen (secondary N) is 2. The van der Waals surface area contributed by atoms with Gasteiger partial charge in [0.15, 0.2) is 0 Å². The van der Waals surface area contributed by atoms with Gasteiger partial charge in [-0.15, -0.1) is 0 Å². The number of amides is 3. The van der Waals surface area contributed by atoms with Crippen molar-refractivity contribution in [1.29, 1.82) is 0 Å². The van der Waals surface area contributed by atoms with Gasteiger partial charge in [0.2, 0.25) is 17.7 Å². The normalized spacial score (nSPS) is 28.9. The molecule has 7 heteroatoms. The highest BCUT2D eigenvalue weighted by Crippen LogP contribution is 2.44. The largest absolute Gasteiger partial charge is 0.396 e. The lowest BCUT2D eigenvalue weighted by Crippen LogP contribution is -2.49. The molecule has 0 saturated carbocycles. The number of allylic oxidation sites excluding steroid dienone is 1. The monoisotopic (exact) mass is 421 g/mol. The molecule has 3 amide bonds. The van der Waals surface area contributed by atoms with Crippen molar-refractivity contribution in [2.45, 2.75) is 71.4 Å². The van der Waals surface area contributed by atoms with Crippen molar-refractivity contribution < 1.29 is 19.5 Å². The summed E-state index contributed by atoms with van der Waals surface area (Å²) in [5.74, 6) is -1.65. The first-order valence-electron chi connectivity index (χ1n) is 11.5. The molecule has 170 valence electrons. The maximum atomic E-state index is 13.5. The molecule has 1 heterocycles. The molecule has 30 heavy (non-hydrogen) atoms. The highest BCUT2D eigenvalue weighted by Gasteiger charge is 2.56. The molecule has 1 saturated heterocycles. The number of likely N-dealkylation sites (tertiary alicyclic amines) is 1. The van der Waals surface area contributed by atoms with Gasteiger partial charge in [-0.2, -0.15) is 0 Å². The summed E-state index contributed by atoms with van der Waals surface area (Å²) in [5, 5.41) is 14.8. The van der Waals surface area contributed by atoms with Gasteiger partial charge in [0.05, 0.1) is 11.8 Å². The first-order chi connectivity index (χ1) is 14.4. The zero-order valence-corrected chi connectivity index (χ0v) is 18.9. The summed E-state index contributed by atoms with van der Waals surface area (Å²) in [6.07, 6.45) is 9.14. The van der Waals surface area contributed by atoms with Crippen molar-refractivity contribution >= 4 is 17.7 Å². The molecule has 2 aliphatic rings. The molecule has 1 unspecified atom stereocenters. The van der Waals surface area contributed by atoms with Crippen LogP contribution in [0, 0.1) is 23.7 Å². The van der Waals surface area contributed by atoms with Crippen molar-refractivity contribution in [3.63, 3.8) is 0 Å². The molecular weight excluding hydrogens is 382 g/mol. The van der Waals surface area contributed by atoms with Crippen LogP contribution in [0.25, 0.3) is 0 Å². The molecule has 0 aromatic rings. The van der Waals surface area contributed by atoms with E-state index < -0.39 is 17.9 Å². The number of hydrogen-bond acceptors (Lipinski definition) is 4. The van der Waals surface area contributed by atoms with Gasteiger partial charge in [-0.3, -0.25) is 14.4 Å². The molecule has 2 rings (SSSR count). The van der Waals surface area contributed by atoms with Crippen LogP contribution in [-0.4, -0.2) is 60.0 Å². The fourth-order valence-corrected chi connectivity index (χ4v) is 4.98. The Hall–Kier alpha value is -1.89. The summed E-state index contributed by atoms with van der Waals surface area (Å²) in [5.41, 5.74) is 0. The van der Waals surface area contributed by atoms with E-state index in [1.807, 2.05) is 26.0 Å². The lowest BCUT2D eigenvalue weighted by Gasteiger charge is -2.32. The average molecular weight is 422 g/mol. The number of hydrogen-bond donors (Lipinski definition) is 3. The number of nitrogens with zero attached hydrogens (tertiary/aromatic N) is 1. The predicted octanol–water partition coefficient (Wildman–Crippen LogP) is 1.86. The first-order valence-corrected chi connectivity index (χ1v) is 11.5. The number of aliphatic hydroxyl groups excluding tert-OH is 1. The van der Waals surface area contributed by atoms with Crippen LogP contribution in [0.3, 0.4) is 0 Å². The van der Waals surface area contributed by atoms with Crippen molar-refractivity contribution in [2.24, 2.45) is 23.7 Å². The summed E-state index contributed by atoms with van der Waals surface area (Å²) in [7, 11) is 1.59. The highest BCUT2D eigenvalue weighted by atomic mass is 16.3. The Morgan fingerprint density at radius 2 is 1.87 bits per heavy atom. The minimum Gasteiger partial charge on any atom is -0.396 e. The third-order valence-electron chi connectivity index (χ3n) is 6.51. The van der Waals surface area contributed by atoms with Crippen LogP contribution in [-0.2, 0) is 14.4 Å². The average Bonchev–Trinajstić information content (AvgIpc) is 2.99. The Morgan fingerprint density at radius 1 is 1.17 bits per heavy atom. The molecule has 0 bridgehead atoms. The van der Waals surface area contributed by atoms with E-state index in [1.165, 1.54) is 0 Å². The number of fused-ring (bicyclic) bond motifs is 1. The van der Waals surface area contributed by atoms with Gasteiger partial charge < -0.3 is 20.6 Å². The zero-order chi connectivity index (χ0) is 22.3. The fraction of sp³-hybridized carbons (Fsp3) is 0.783. The quantitative estimate of drug-likeness (QED) is 0.350. The van der Waals surface area contributed by atoms with Crippen molar-refractivity contribution in [3.05, 3.63) is 12.2 Å². The number of aliphatic hydroxyl groups is 1. The van der Waals surface area contributed by atoms with Gasteiger partial charge in [-0.25, -0.2) is 0 Å². The first kappa shape index (κ1) is 24.4. The van der Waals surface area contributed by atoms with Crippen molar-refractivity contribution in [2.75, 3.05) is 20.2 Å². The Balaban J connectivity index is 2.26. The molecule has 0 radical (unpaired) electrons. The van der Waals surface area contributed by atoms with E-state index in [4.69, 9.17) is 5.11 Å². The van der Waals surface area contributed by atoms with Crippen LogP contribution in [0.2, 0.25) is 0 Å². The molecule has 3 N–H and O–H groups in total. The summed E-state index contributed by atoms with van der Waals surface area (Å²) >= 11 is 0. The second kappa shape index (κ2) is 11.5. The van der Waals surface area contributed by atoms with Gasteiger partial charge in [-0.1, -0.05) is 45.3 Å². The minimum absolute atomic E-state index is 0.0456.